The van der Waals surface area contributed by atoms with Gasteiger partial charge in [-0.15, -0.1) is 0 Å². The summed E-state index contributed by atoms with van der Waals surface area (Å²) < 4.78 is 23.5. The SMILES string of the molecule is NCCCNC1C(OC2C(N)CC(NC(O)C(O)C(O)CN)C(OC3OC(CO)C(O)C(N)C3O)C2O)OC(CN)C(O)C1O. The molecule has 0 aromatic rings. The summed E-state index contributed by atoms with van der Waals surface area (Å²) in [5, 5.41) is 100. The number of rotatable bonds is 15. The van der Waals surface area contributed by atoms with Crippen LogP contribution < -0.4 is 39.3 Å². The van der Waals surface area contributed by atoms with Crippen molar-refractivity contribution in [1.29, 1.82) is 0 Å². The van der Waals surface area contributed by atoms with Crippen molar-refractivity contribution in [2.24, 2.45) is 28.7 Å². The minimum Gasteiger partial charge on any atom is -0.394 e. The highest BCUT2D eigenvalue weighted by atomic mass is 16.7. The van der Waals surface area contributed by atoms with E-state index in [1.807, 2.05) is 0 Å². The molecule has 2 saturated heterocycles. The largest absolute Gasteiger partial charge is 0.394 e. The van der Waals surface area contributed by atoms with Crippen LogP contribution in [0.2, 0.25) is 0 Å². The van der Waals surface area contributed by atoms with E-state index in [0.717, 1.165) is 0 Å². The standard InChI is InChI=1S/C25H53N7O13/c26-2-1-3-31-14-19(39)17(37)11(6-28)42-24(14)44-21-8(29)4-9(32-23(41)15(35)10(34)5-27)22(20(21)40)45-25-18(38)13(30)16(36)12(7-33)43-25/h8-25,31-41H,1-7,26-30H2. The lowest BCUT2D eigenvalue weighted by atomic mass is 9.83. The van der Waals surface area contributed by atoms with Gasteiger partial charge in [-0.3, -0.25) is 5.32 Å². The first-order valence-electron chi connectivity index (χ1n) is 15.1. The molecule has 18 unspecified atom stereocenters. The van der Waals surface area contributed by atoms with E-state index in [1.54, 1.807) is 0 Å². The molecular formula is C25H53N7O13. The molecule has 21 N–H and O–H groups in total. The number of aliphatic hydroxyl groups is 9. The molecule has 0 amide bonds. The Kier molecular flexibility index (Phi) is 15.1. The van der Waals surface area contributed by atoms with Gasteiger partial charge in [0.2, 0.25) is 0 Å². The highest BCUT2D eigenvalue weighted by Gasteiger charge is 2.52. The fraction of sp³-hybridized carbons (Fsp3) is 1.00. The van der Waals surface area contributed by atoms with Crippen LogP contribution >= 0.6 is 0 Å². The van der Waals surface area contributed by atoms with E-state index in [1.165, 1.54) is 0 Å². The average Bonchev–Trinajstić information content (AvgIpc) is 3.02. The summed E-state index contributed by atoms with van der Waals surface area (Å²) in [5.74, 6) is 0. The first-order valence-corrected chi connectivity index (χ1v) is 15.1. The molecule has 2 aliphatic heterocycles. The average molecular weight is 660 g/mol. The smallest absolute Gasteiger partial charge is 0.186 e. The Morgan fingerprint density at radius 3 is 2.04 bits per heavy atom. The summed E-state index contributed by atoms with van der Waals surface area (Å²) in [6, 6.07) is -4.43. The summed E-state index contributed by atoms with van der Waals surface area (Å²) >= 11 is 0. The van der Waals surface area contributed by atoms with Gasteiger partial charge in [0.1, 0.15) is 67.3 Å². The van der Waals surface area contributed by atoms with Crippen molar-refractivity contribution in [2.45, 2.75) is 123 Å². The Morgan fingerprint density at radius 2 is 1.44 bits per heavy atom. The fourth-order valence-corrected chi connectivity index (χ4v) is 5.80. The van der Waals surface area contributed by atoms with Crippen molar-refractivity contribution >= 4 is 0 Å². The second kappa shape index (κ2) is 17.6. The van der Waals surface area contributed by atoms with Crippen molar-refractivity contribution in [2.75, 3.05) is 32.8 Å². The predicted molar refractivity (Wildman–Crippen MR) is 153 cm³/mol. The van der Waals surface area contributed by atoms with E-state index in [-0.39, 0.29) is 19.5 Å². The lowest BCUT2D eigenvalue weighted by Gasteiger charge is -2.50. The number of hydrogen-bond donors (Lipinski definition) is 16. The lowest BCUT2D eigenvalue weighted by molar-refractivity contribution is -0.322. The van der Waals surface area contributed by atoms with Gasteiger partial charge in [-0.1, -0.05) is 0 Å². The molecule has 20 heteroatoms. The fourth-order valence-electron chi connectivity index (χ4n) is 5.80. The Balaban J connectivity index is 1.89. The molecule has 45 heavy (non-hydrogen) atoms. The number of aliphatic hydroxyl groups excluding tert-OH is 9. The predicted octanol–water partition coefficient (Wildman–Crippen LogP) is -9.72. The molecule has 3 aliphatic rings. The van der Waals surface area contributed by atoms with Gasteiger partial charge >= 0.3 is 0 Å². The maximum atomic E-state index is 11.6. The lowest BCUT2D eigenvalue weighted by Crippen LogP contribution is -2.71. The van der Waals surface area contributed by atoms with Crippen molar-refractivity contribution in [3.63, 3.8) is 0 Å². The van der Waals surface area contributed by atoms with Gasteiger partial charge in [-0.25, -0.2) is 0 Å². The van der Waals surface area contributed by atoms with Crippen LogP contribution in [0.1, 0.15) is 12.8 Å². The van der Waals surface area contributed by atoms with Crippen LogP contribution in [0.4, 0.5) is 0 Å². The van der Waals surface area contributed by atoms with Gasteiger partial charge in [0.05, 0.1) is 24.8 Å². The Labute approximate surface area is 260 Å². The summed E-state index contributed by atoms with van der Waals surface area (Å²) in [7, 11) is 0. The Morgan fingerprint density at radius 1 is 0.800 bits per heavy atom. The first-order chi connectivity index (χ1) is 21.3. The van der Waals surface area contributed by atoms with Gasteiger partial charge in [0.15, 0.2) is 12.6 Å². The Bertz CT molecular complexity index is 874. The topological polar surface area (TPSA) is 373 Å². The quantitative estimate of drug-likeness (QED) is 0.0573. The second-order valence-corrected chi connectivity index (χ2v) is 11.8. The summed E-state index contributed by atoms with van der Waals surface area (Å²) in [6.07, 6.45) is -20.1. The van der Waals surface area contributed by atoms with Gasteiger partial charge in [0, 0.05) is 25.2 Å². The minimum atomic E-state index is -1.79. The molecule has 0 aromatic heterocycles. The second-order valence-electron chi connectivity index (χ2n) is 11.8. The van der Waals surface area contributed by atoms with E-state index < -0.39 is 117 Å². The van der Waals surface area contributed by atoms with E-state index in [4.69, 9.17) is 47.6 Å². The monoisotopic (exact) mass is 659 g/mol. The third kappa shape index (κ3) is 9.01. The Hall–Kier alpha value is -0.800. The molecular weight excluding hydrogens is 606 g/mol. The molecule has 20 nitrogen and oxygen atoms in total. The summed E-state index contributed by atoms with van der Waals surface area (Å²) in [6.45, 7) is -0.565. The zero-order valence-electron chi connectivity index (χ0n) is 24.9. The van der Waals surface area contributed by atoms with E-state index >= 15 is 0 Å². The molecule has 18 atom stereocenters. The molecule has 0 spiro atoms. The van der Waals surface area contributed by atoms with Crippen LogP contribution in [0.3, 0.4) is 0 Å². The number of hydrogen-bond acceptors (Lipinski definition) is 20. The summed E-state index contributed by atoms with van der Waals surface area (Å²) in [4.78, 5) is 0. The highest BCUT2D eigenvalue weighted by Crippen LogP contribution is 2.32. The van der Waals surface area contributed by atoms with E-state index in [9.17, 15) is 46.0 Å². The van der Waals surface area contributed by atoms with Crippen LogP contribution in [-0.2, 0) is 18.9 Å². The minimum absolute atomic E-state index is 0.112. The summed E-state index contributed by atoms with van der Waals surface area (Å²) in [5.41, 5.74) is 29.0. The van der Waals surface area contributed by atoms with Gasteiger partial charge in [0.25, 0.3) is 0 Å². The normalized spacial score (nSPS) is 44.8. The molecule has 0 bridgehead atoms. The first kappa shape index (κ1) is 38.6. The third-order valence-corrected chi connectivity index (χ3v) is 8.58. The van der Waals surface area contributed by atoms with Crippen molar-refractivity contribution in [3.8, 4) is 0 Å². The van der Waals surface area contributed by atoms with Crippen LogP contribution in [0, 0.1) is 0 Å². The molecule has 0 aromatic carbocycles. The molecule has 3 rings (SSSR count). The van der Waals surface area contributed by atoms with Crippen LogP contribution in [0.25, 0.3) is 0 Å². The molecule has 1 saturated carbocycles. The molecule has 1 aliphatic carbocycles. The number of nitrogens with two attached hydrogens (primary N) is 5. The van der Waals surface area contributed by atoms with Crippen molar-refractivity contribution < 1.29 is 64.9 Å². The van der Waals surface area contributed by atoms with Crippen LogP contribution in [-0.4, -0.2) is 189 Å². The number of ether oxygens (including phenoxy) is 4. The van der Waals surface area contributed by atoms with E-state index in [2.05, 4.69) is 10.6 Å². The van der Waals surface area contributed by atoms with Crippen molar-refractivity contribution in [3.05, 3.63) is 0 Å². The molecule has 0 radical (unpaired) electrons. The van der Waals surface area contributed by atoms with Gasteiger partial charge in [-0.2, -0.15) is 0 Å². The van der Waals surface area contributed by atoms with Crippen molar-refractivity contribution in [1.82, 2.24) is 10.6 Å². The maximum Gasteiger partial charge on any atom is 0.186 e. The maximum absolute atomic E-state index is 11.6. The zero-order valence-corrected chi connectivity index (χ0v) is 24.9. The third-order valence-electron chi connectivity index (χ3n) is 8.58. The van der Waals surface area contributed by atoms with Crippen LogP contribution in [0.15, 0.2) is 0 Å². The molecule has 3 fully saturated rings. The van der Waals surface area contributed by atoms with Gasteiger partial charge < -0.3 is 98.9 Å². The highest BCUT2D eigenvalue weighted by molar-refractivity contribution is 5.03. The van der Waals surface area contributed by atoms with Crippen LogP contribution in [0.5, 0.6) is 0 Å². The molecule has 2 heterocycles. The van der Waals surface area contributed by atoms with Gasteiger partial charge in [-0.05, 0) is 25.9 Å². The molecule has 266 valence electrons. The zero-order chi connectivity index (χ0) is 33.6. The number of nitrogens with one attached hydrogen (secondary N) is 2. The van der Waals surface area contributed by atoms with E-state index in [0.29, 0.717) is 19.5 Å².